The molecule has 0 bridgehead atoms. The van der Waals surface area contributed by atoms with Gasteiger partial charge in [0.1, 0.15) is 0 Å². The minimum atomic E-state index is 0.907. The van der Waals surface area contributed by atoms with E-state index in [0.717, 1.165) is 5.71 Å². The first-order valence-electron chi connectivity index (χ1n) is 3.38. The third-order valence-electron chi connectivity index (χ3n) is 0.719. The smallest absolute Gasteiger partial charge is 0.0496 e. The monoisotopic (exact) mass is 140 g/mol. The number of rotatable bonds is 2. The molecule has 0 saturated heterocycles. The Labute approximate surface area is 63.4 Å². The Hall–Kier alpha value is -0.920. The van der Waals surface area contributed by atoms with Crippen LogP contribution in [0.25, 0.3) is 0 Å². The molecular formula is C8H16N2. The molecule has 0 aromatic rings. The first-order valence-corrected chi connectivity index (χ1v) is 3.38. The van der Waals surface area contributed by atoms with E-state index >= 15 is 0 Å². The minimum Gasteiger partial charge on any atom is -0.292 e. The highest BCUT2D eigenvalue weighted by molar-refractivity contribution is 6.29. The molecule has 2 nitrogen and oxygen atoms in total. The van der Waals surface area contributed by atoms with Crippen molar-refractivity contribution < 1.29 is 0 Å². The molecule has 0 saturated carbocycles. The van der Waals surface area contributed by atoms with Crippen LogP contribution in [0.4, 0.5) is 0 Å². The fourth-order valence-electron chi connectivity index (χ4n) is 0.218. The third kappa shape index (κ3) is 10.1. The average Bonchev–Trinajstić information content (AvgIpc) is 2.04. The van der Waals surface area contributed by atoms with E-state index in [9.17, 15) is 0 Å². The molecule has 0 unspecified atom stereocenters. The summed E-state index contributed by atoms with van der Waals surface area (Å²) in [4.78, 5) is 7.60. The summed E-state index contributed by atoms with van der Waals surface area (Å²) in [6, 6.07) is 0. The molecule has 0 aromatic heterocycles. The van der Waals surface area contributed by atoms with Crippen molar-refractivity contribution >= 4 is 11.9 Å². The second-order valence-electron chi connectivity index (χ2n) is 1.33. The van der Waals surface area contributed by atoms with Crippen molar-refractivity contribution in [3.63, 3.8) is 0 Å². The van der Waals surface area contributed by atoms with Gasteiger partial charge in [0.05, 0.1) is 0 Å². The normalized spacial score (nSPS) is 10.6. The Morgan fingerprint density at radius 3 is 2.20 bits per heavy atom. The van der Waals surface area contributed by atoms with E-state index in [1.54, 1.807) is 13.3 Å². The van der Waals surface area contributed by atoms with E-state index in [-0.39, 0.29) is 0 Å². The lowest BCUT2D eigenvalue weighted by Crippen LogP contribution is -1.89. The van der Waals surface area contributed by atoms with E-state index in [1.807, 2.05) is 20.8 Å². The number of hydrogen-bond acceptors (Lipinski definition) is 2. The fourth-order valence-corrected chi connectivity index (χ4v) is 0.218. The van der Waals surface area contributed by atoms with Gasteiger partial charge in [0.25, 0.3) is 0 Å². The van der Waals surface area contributed by atoms with Gasteiger partial charge in [-0.15, -0.1) is 0 Å². The second kappa shape index (κ2) is 11.0. The van der Waals surface area contributed by atoms with E-state index < -0.39 is 0 Å². The van der Waals surface area contributed by atoms with E-state index in [1.165, 1.54) is 6.20 Å². The van der Waals surface area contributed by atoms with Crippen molar-refractivity contribution in [1.29, 1.82) is 0 Å². The molecule has 58 valence electrons. The van der Waals surface area contributed by atoms with Gasteiger partial charge in [-0.3, -0.25) is 9.98 Å². The molecule has 0 aromatic carbocycles. The highest BCUT2D eigenvalue weighted by Gasteiger charge is 1.74. The highest BCUT2D eigenvalue weighted by Crippen LogP contribution is 1.69. The topological polar surface area (TPSA) is 24.7 Å². The predicted octanol–water partition coefficient (Wildman–Crippen LogP) is 2.32. The Balaban J connectivity index is 0. The zero-order chi connectivity index (χ0) is 8.41. The first-order chi connectivity index (χ1) is 4.81. The second-order valence-corrected chi connectivity index (χ2v) is 1.33. The van der Waals surface area contributed by atoms with Gasteiger partial charge in [-0.25, -0.2) is 0 Å². The lowest BCUT2D eigenvalue weighted by atomic mass is 10.5. The predicted molar refractivity (Wildman–Crippen MR) is 49.1 cm³/mol. The lowest BCUT2D eigenvalue weighted by Gasteiger charge is -1.80. The van der Waals surface area contributed by atoms with Crippen LogP contribution in [0, 0.1) is 0 Å². The quantitative estimate of drug-likeness (QED) is 0.526. The summed E-state index contributed by atoms with van der Waals surface area (Å²) in [5, 5.41) is 0. The molecule has 0 aliphatic heterocycles. The molecule has 0 N–H and O–H groups in total. The van der Waals surface area contributed by atoms with Gasteiger partial charge < -0.3 is 0 Å². The first kappa shape index (κ1) is 11.8. The SMILES string of the molecule is C=CN=CC(C)=NC.CC. The molecule has 0 aliphatic carbocycles. The molecule has 0 rings (SSSR count). The Morgan fingerprint density at radius 2 is 1.90 bits per heavy atom. The summed E-state index contributed by atoms with van der Waals surface area (Å²) in [5.41, 5.74) is 0.907. The van der Waals surface area contributed by atoms with Crippen LogP contribution >= 0.6 is 0 Å². The van der Waals surface area contributed by atoms with Gasteiger partial charge in [-0.2, -0.15) is 0 Å². The maximum atomic E-state index is 3.85. The van der Waals surface area contributed by atoms with Crippen molar-refractivity contribution in [2.75, 3.05) is 7.05 Å². The van der Waals surface area contributed by atoms with Crippen LogP contribution in [0.5, 0.6) is 0 Å². The zero-order valence-corrected chi connectivity index (χ0v) is 7.26. The summed E-state index contributed by atoms with van der Waals surface area (Å²) < 4.78 is 0. The molecule has 0 amide bonds. The molecule has 0 heterocycles. The van der Waals surface area contributed by atoms with E-state index in [0.29, 0.717) is 0 Å². The van der Waals surface area contributed by atoms with Crippen molar-refractivity contribution in [2.45, 2.75) is 20.8 Å². The van der Waals surface area contributed by atoms with Crippen molar-refractivity contribution in [1.82, 2.24) is 0 Å². The lowest BCUT2D eigenvalue weighted by molar-refractivity contribution is 1.44. The van der Waals surface area contributed by atoms with Crippen LogP contribution in [-0.2, 0) is 0 Å². The fraction of sp³-hybridized carbons (Fsp3) is 0.500. The minimum absolute atomic E-state index is 0.907. The Bertz CT molecular complexity index is 123. The molecule has 0 radical (unpaired) electrons. The summed E-state index contributed by atoms with van der Waals surface area (Å²) in [6.07, 6.45) is 3.14. The van der Waals surface area contributed by atoms with Crippen LogP contribution < -0.4 is 0 Å². The molecule has 0 fully saturated rings. The van der Waals surface area contributed by atoms with Crippen LogP contribution in [0.3, 0.4) is 0 Å². The largest absolute Gasteiger partial charge is 0.292 e. The molecule has 10 heavy (non-hydrogen) atoms. The third-order valence-corrected chi connectivity index (χ3v) is 0.719. The summed E-state index contributed by atoms with van der Waals surface area (Å²) >= 11 is 0. The molecule has 0 atom stereocenters. The Morgan fingerprint density at radius 1 is 1.40 bits per heavy atom. The van der Waals surface area contributed by atoms with E-state index in [2.05, 4.69) is 16.6 Å². The van der Waals surface area contributed by atoms with Gasteiger partial charge in [-0.1, -0.05) is 20.4 Å². The van der Waals surface area contributed by atoms with Crippen molar-refractivity contribution in [3.8, 4) is 0 Å². The van der Waals surface area contributed by atoms with Gasteiger partial charge in [0.2, 0.25) is 0 Å². The molecule has 0 aliphatic rings. The van der Waals surface area contributed by atoms with Crippen LogP contribution in [0.1, 0.15) is 20.8 Å². The average molecular weight is 140 g/mol. The van der Waals surface area contributed by atoms with Gasteiger partial charge in [0, 0.05) is 25.2 Å². The van der Waals surface area contributed by atoms with Gasteiger partial charge in [0.15, 0.2) is 0 Å². The van der Waals surface area contributed by atoms with Crippen LogP contribution in [0.2, 0.25) is 0 Å². The summed E-state index contributed by atoms with van der Waals surface area (Å²) in [7, 11) is 1.73. The van der Waals surface area contributed by atoms with E-state index in [4.69, 9.17) is 0 Å². The number of nitrogens with zero attached hydrogens (tertiary/aromatic N) is 2. The standard InChI is InChI=1S/C6H10N2.C2H6/c1-4-8-5-6(2)7-3;1-2/h4-5H,1H2,2-3H3;1-2H3. The maximum absolute atomic E-state index is 3.85. The zero-order valence-electron chi connectivity index (χ0n) is 7.26. The summed E-state index contributed by atoms with van der Waals surface area (Å²) in [6.45, 7) is 9.30. The number of hydrogen-bond donors (Lipinski definition) is 0. The molecule has 0 spiro atoms. The summed E-state index contributed by atoms with van der Waals surface area (Å²) in [5.74, 6) is 0. The maximum Gasteiger partial charge on any atom is 0.0496 e. The molecular weight excluding hydrogens is 124 g/mol. The van der Waals surface area contributed by atoms with Crippen LogP contribution in [-0.4, -0.2) is 19.0 Å². The van der Waals surface area contributed by atoms with Crippen molar-refractivity contribution in [2.24, 2.45) is 9.98 Å². The van der Waals surface area contributed by atoms with Gasteiger partial charge >= 0.3 is 0 Å². The Kier molecular flexibility index (Phi) is 13.0. The number of aliphatic imine (C=N–C) groups is 2. The highest BCUT2D eigenvalue weighted by atomic mass is 14.7. The molecule has 2 heteroatoms. The van der Waals surface area contributed by atoms with Crippen molar-refractivity contribution in [3.05, 3.63) is 12.8 Å². The van der Waals surface area contributed by atoms with Crippen LogP contribution in [0.15, 0.2) is 22.8 Å². The van der Waals surface area contributed by atoms with Gasteiger partial charge in [-0.05, 0) is 6.92 Å².